The smallest absolute Gasteiger partial charge is 0.239 e. The van der Waals surface area contributed by atoms with E-state index >= 15 is 0 Å². The third kappa shape index (κ3) is 6.67. The highest BCUT2D eigenvalue weighted by molar-refractivity contribution is 5.86. The van der Waals surface area contributed by atoms with Crippen molar-refractivity contribution in [3.63, 3.8) is 0 Å². The molecule has 2 rings (SSSR count). The molecule has 6 heteroatoms. The van der Waals surface area contributed by atoms with Crippen molar-refractivity contribution >= 4 is 11.9 Å². The van der Waals surface area contributed by atoms with Gasteiger partial charge in [0.05, 0.1) is 6.54 Å². The van der Waals surface area contributed by atoms with Gasteiger partial charge in [-0.3, -0.25) is 14.8 Å². The Balaban J connectivity index is 1.63. The van der Waals surface area contributed by atoms with Gasteiger partial charge >= 0.3 is 0 Å². The summed E-state index contributed by atoms with van der Waals surface area (Å²) in [6.07, 6.45) is 8.53. The zero-order valence-corrected chi connectivity index (χ0v) is 13.8. The molecule has 0 unspecified atom stereocenters. The molecule has 1 fully saturated rings. The third-order valence-electron chi connectivity index (χ3n) is 4.01. The lowest BCUT2D eigenvalue weighted by Crippen LogP contribution is -2.46. The van der Waals surface area contributed by atoms with Crippen LogP contribution in [-0.2, 0) is 11.2 Å². The van der Waals surface area contributed by atoms with Crippen LogP contribution >= 0.6 is 0 Å². The van der Waals surface area contributed by atoms with Crippen molar-refractivity contribution in [3.05, 3.63) is 30.1 Å². The average molecular weight is 317 g/mol. The summed E-state index contributed by atoms with van der Waals surface area (Å²) in [6, 6.07) is 6.22. The molecule has 0 radical (unpaired) electrons. The zero-order chi connectivity index (χ0) is 16.3. The number of aliphatic imine (C=N–C) groups is 1. The minimum absolute atomic E-state index is 0.0320. The fourth-order valence-corrected chi connectivity index (χ4v) is 2.77. The van der Waals surface area contributed by atoms with Gasteiger partial charge < -0.3 is 16.0 Å². The molecular formula is C17H27N5O. The molecule has 0 aliphatic heterocycles. The van der Waals surface area contributed by atoms with Gasteiger partial charge in [-0.25, -0.2) is 0 Å². The maximum atomic E-state index is 12.0. The van der Waals surface area contributed by atoms with Crippen LogP contribution in [-0.4, -0.2) is 43.0 Å². The molecule has 3 N–H and O–H groups in total. The number of carbonyl (C=O) groups is 1. The number of nitrogens with one attached hydrogen (secondary N) is 3. The second-order valence-electron chi connectivity index (χ2n) is 5.83. The molecule has 1 aromatic heterocycles. The van der Waals surface area contributed by atoms with Gasteiger partial charge in [0, 0.05) is 37.9 Å². The Kier molecular flexibility index (Phi) is 7.36. The molecule has 6 nitrogen and oxygen atoms in total. The molecule has 0 bridgehead atoms. The van der Waals surface area contributed by atoms with Crippen molar-refractivity contribution in [2.75, 3.05) is 20.1 Å². The van der Waals surface area contributed by atoms with E-state index in [1.54, 1.807) is 13.2 Å². The number of aromatic nitrogens is 1. The average Bonchev–Trinajstić information content (AvgIpc) is 2.59. The van der Waals surface area contributed by atoms with Crippen LogP contribution in [0, 0.1) is 0 Å². The molecule has 23 heavy (non-hydrogen) atoms. The largest absolute Gasteiger partial charge is 0.356 e. The Labute approximate surface area is 138 Å². The standard InChI is InChI=1S/C17H27N5O/c1-18-17(20-12-10-14-7-5-6-11-19-14)21-13-16(23)22-15-8-3-2-4-9-15/h5-7,11,15H,2-4,8-10,12-13H2,1H3,(H,22,23)(H2,18,20,21). The topological polar surface area (TPSA) is 78.4 Å². The van der Waals surface area contributed by atoms with Gasteiger partial charge in [0.25, 0.3) is 0 Å². The predicted molar refractivity (Wildman–Crippen MR) is 92.3 cm³/mol. The number of hydrogen-bond acceptors (Lipinski definition) is 3. The molecule has 1 aliphatic rings. The summed E-state index contributed by atoms with van der Waals surface area (Å²) in [5.74, 6) is 0.671. The van der Waals surface area contributed by atoms with Gasteiger partial charge in [-0.05, 0) is 25.0 Å². The monoisotopic (exact) mass is 317 g/mol. The molecule has 0 spiro atoms. The van der Waals surface area contributed by atoms with Crippen molar-refractivity contribution in [1.82, 2.24) is 20.9 Å². The SMILES string of the molecule is CN=C(NCCc1ccccn1)NCC(=O)NC1CCCCC1. The summed E-state index contributed by atoms with van der Waals surface area (Å²) in [5.41, 5.74) is 1.03. The molecular weight excluding hydrogens is 290 g/mol. The number of amides is 1. The van der Waals surface area contributed by atoms with Crippen LogP contribution in [0.25, 0.3) is 0 Å². The lowest BCUT2D eigenvalue weighted by atomic mass is 9.95. The number of rotatable bonds is 6. The van der Waals surface area contributed by atoms with Gasteiger partial charge in [0.1, 0.15) is 0 Å². The highest BCUT2D eigenvalue weighted by Gasteiger charge is 2.15. The van der Waals surface area contributed by atoms with Crippen molar-refractivity contribution in [1.29, 1.82) is 0 Å². The van der Waals surface area contributed by atoms with E-state index in [0.29, 0.717) is 12.0 Å². The fraction of sp³-hybridized carbons (Fsp3) is 0.588. The summed E-state index contributed by atoms with van der Waals surface area (Å²) in [7, 11) is 1.70. The van der Waals surface area contributed by atoms with Gasteiger partial charge in [0.15, 0.2) is 5.96 Å². The van der Waals surface area contributed by atoms with Gasteiger partial charge in [-0.2, -0.15) is 0 Å². The Hall–Kier alpha value is -2.11. The minimum atomic E-state index is 0.0320. The molecule has 0 aromatic carbocycles. The molecule has 1 saturated carbocycles. The second-order valence-corrected chi connectivity index (χ2v) is 5.83. The van der Waals surface area contributed by atoms with E-state index in [4.69, 9.17) is 0 Å². The number of hydrogen-bond donors (Lipinski definition) is 3. The first-order valence-electron chi connectivity index (χ1n) is 8.41. The zero-order valence-electron chi connectivity index (χ0n) is 13.8. The maximum absolute atomic E-state index is 12.0. The molecule has 126 valence electrons. The summed E-state index contributed by atoms with van der Waals surface area (Å²) in [6.45, 7) is 0.973. The van der Waals surface area contributed by atoms with Gasteiger partial charge in [-0.15, -0.1) is 0 Å². The Morgan fingerprint density at radius 1 is 1.26 bits per heavy atom. The summed E-state index contributed by atoms with van der Waals surface area (Å²) in [5, 5.41) is 9.33. The molecule has 1 heterocycles. The first-order valence-corrected chi connectivity index (χ1v) is 8.41. The minimum Gasteiger partial charge on any atom is -0.356 e. The van der Waals surface area contributed by atoms with Crippen LogP contribution in [0.4, 0.5) is 0 Å². The molecule has 0 saturated heterocycles. The quantitative estimate of drug-likeness (QED) is 0.545. The van der Waals surface area contributed by atoms with Crippen molar-refractivity contribution in [2.45, 2.75) is 44.6 Å². The lowest BCUT2D eigenvalue weighted by molar-refractivity contribution is -0.120. The normalized spacial score (nSPS) is 16.0. The van der Waals surface area contributed by atoms with E-state index in [-0.39, 0.29) is 12.5 Å². The maximum Gasteiger partial charge on any atom is 0.239 e. The van der Waals surface area contributed by atoms with Crippen LogP contribution in [0.3, 0.4) is 0 Å². The van der Waals surface area contributed by atoms with Crippen LogP contribution in [0.5, 0.6) is 0 Å². The number of guanidine groups is 1. The number of pyridine rings is 1. The van der Waals surface area contributed by atoms with E-state index in [9.17, 15) is 4.79 Å². The Morgan fingerprint density at radius 2 is 2.09 bits per heavy atom. The van der Waals surface area contributed by atoms with E-state index in [1.165, 1.54) is 19.3 Å². The molecule has 1 aliphatic carbocycles. The van der Waals surface area contributed by atoms with Crippen molar-refractivity contribution in [2.24, 2.45) is 4.99 Å². The fourth-order valence-electron chi connectivity index (χ4n) is 2.77. The number of nitrogens with zero attached hydrogens (tertiary/aromatic N) is 2. The van der Waals surface area contributed by atoms with Crippen molar-refractivity contribution < 1.29 is 4.79 Å². The number of carbonyl (C=O) groups excluding carboxylic acids is 1. The van der Waals surface area contributed by atoms with E-state index in [0.717, 1.165) is 31.5 Å². The van der Waals surface area contributed by atoms with Crippen LogP contribution in [0.1, 0.15) is 37.8 Å². The van der Waals surface area contributed by atoms with Crippen LogP contribution < -0.4 is 16.0 Å². The van der Waals surface area contributed by atoms with Crippen LogP contribution in [0.2, 0.25) is 0 Å². The van der Waals surface area contributed by atoms with Gasteiger partial charge in [-0.1, -0.05) is 25.3 Å². The molecule has 1 aromatic rings. The van der Waals surface area contributed by atoms with E-state index in [1.807, 2.05) is 18.2 Å². The van der Waals surface area contributed by atoms with E-state index in [2.05, 4.69) is 25.9 Å². The Bertz CT molecular complexity index is 497. The van der Waals surface area contributed by atoms with Crippen LogP contribution in [0.15, 0.2) is 29.4 Å². The summed E-state index contributed by atoms with van der Waals surface area (Å²) >= 11 is 0. The van der Waals surface area contributed by atoms with E-state index < -0.39 is 0 Å². The van der Waals surface area contributed by atoms with Crippen molar-refractivity contribution in [3.8, 4) is 0 Å². The second kappa shape index (κ2) is 9.82. The highest BCUT2D eigenvalue weighted by Crippen LogP contribution is 2.16. The van der Waals surface area contributed by atoms with Gasteiger partial charge in [0.2, 0.25) is 5.91 Å². The first kappa shape index (κ1) is 17.2. The predicted octanol–water partition coefficient (Wildman–Crippen LogP) is 1.24. The molecule has 1 amide bonds. The Morgan fingerprint density at radius 3 is 2.78 bits per heavy atom. The lowest BCUT2D eigenvalue weighted by Gasteiger charge is -2.23. The molecule has 0 atom stereocenters. The first-order chi connectivity index (χ1) is 11.3. The summed E-state index contributed by atoms with van der Waals surface area (Å²) in [4.78, 5) is 20.4. The highest BCUT2D eigenvalue weighted by atomic mass is 16.2. The summed E-state index contributed by atoms with van der Waals surface area (Å²) < 4.78 is 0. The third-order valence-corrected chi connectivity index (χ3v) is 4.01.